The first-order valence-corrected chi connectivity index (χ1v) is 7.80. The van der Waals surface area contributed by atoms with E-state index in [4.69, 9.17) is 4.74 Å². The number of hydrogen-bond donors (Lipinski definition) is 1. The van der Waals surface area contributed by atoms with E-state index in [1.54, 1.807) is 0 Å². The highest BCUT2D eigenvalue weighted by Crippen LogP contribution is 2.36. The smallest absolute Gasteiger partial charge is 0.0483 e. The van der Waals surface area contributed by atoms with Crippen LogP contribution in [0, 0.1) is 0 Å². The van der Waals surface area contributed by atoms with Crippen LogP contribution in [-0.4, -0.2) is 48.8 Å². The van der Waals surface area contributed by atoms with E-state index in [9.17, 15) is 0 Å². The first kappa shape index (κ1) is 12.9. The molecule has 3 fully saturated rings. The minimum absolute atomic E-state index is 0.389. The summed E-state index contributed by atoms with van der Waals surface area (Å²) in [4.78, 5) is 2.79. The molecule has 0 aromatic carbocycles. The van der Waals surface area contributed by atoms with Crippen molar-refractivity contribution in [3.63, 3.8) is 0 Å². The van der Waals surface area contributed by atoms with Crippen LogP contribution in [-0.2, 0) is 4.74 Å². The maximum absolute atomic E-state index is 5.56. The summed E-state index contributed by atoms with van der Waals surface area (Å²) < 4.78 is 5.56. The van der Waals surface area contributed by atoms with Crippen LogP contribution in [0.25, 0.3) is 0 Å². The Morgan fingerprint density at radius 3 is 2.44 bits per heavy atom. The molecular formula is C15H28N2O. The molecule has 0 unspecified atom stereocenters. The van der Waals surface area contributed by atoms with Crippen molar-refractivity contribution in [2.24, 2.45) is 0 Å². The van der Waals surface area contributed by atoms with Gasteiger partial charge in [-0.3, -0.25) is 4.90 Å². The van der Waals surface area contributed by atoms with Gasteiger partial charge in [0.05, 0.1) is 0 Å². The van der Waals surface area contributed by atoms with Crippen LogP contribution in [0.1, 0.15) is 51.9 Å². The predicted molar refractivity (Wildman–Crippen MR) is 73.8 cm³/mol. The molecular weight excluding hydrogens is 224 g/mol. The van der Waals surface area contributed by atoms with Crippen LogP contribution in [0.2, 0.25) is 0 Å². The van der Waals surface area contributed by atoms with Gasteiger partial charge in [-0.15, -0.1) is 0 Å². The number of hydrogen-bond acceptors (Lipinski definition) is 3. The second kappa shape index (κ2) is 5.10. The zero-order valence-electron chi connectivity index (χ0n) is 11.8. The lowest BCUT2D eigenvalue weighted by Crippen LogP contribution is -2.57. The number of nitrogens with one attached hydrogen (secondary N) is 1. The Labute approximate surface area is 111 Å². The molecule has 0 radical (unpaired) electrons. The summed E-state index contributed by atoms with van der Waals surface area (Å²) in [7, 11) is 0. The first-order valence-electron chi connectivity index (χ1n) is 7.80. The van der Waals surface area contributed by atoms with E-state index >= 15 is 0 Å². The molecule has 0 bridgehead atoms. The largest absolute Gasteiger partial charge is 0.381 e. The highest BCUT2D eigenvalue weighted by molar-refractivity contribution is 5.01. The van der Waals surface area contributed by atoms with E-state index in [1.165, 1.54) is 64.6 Å². The molecule has 104 valence electrons. The van der Waals surface area contributed by atoms with Crippen LogP contribution in [0.4, 0.5) is 0 Å². The van der Waals surface area contributed by atoms with Gasteiger partial charge in [-0.2, -0.15) is 0 Å². The fourth-order valence-corrected chi connectivity index (χ4v) is 4.10. The zero-order chi connectivity index (χ0) is 12.5. The van der Waals surface area contributed by atoms with Gasteiger partial charge < -0.3 is 10.1 Å². The molecule has 3 aliphatic rings. The topological polar surface area (TPSA) is 24.5 Å². The van der Waals surface area contributed by atoms with Crippen molar-refractivity contribution in [1.29, 1.82) is 0 Å². The van der Waals surface area contributed by atoms with Gasteiger partial charge >= 0.3 is 0 Å². The van der Waals surface area contributed by atoms with Gasteiger partial charge in [-0.05, 0) is 52.1 Å². The van der Waals surface area contributed by atoms with Crippen molar-refractivity contribution in [2.45, 2.75) is 62.9 Å². The van der Waals surface area contributed by atoms with Gasteiger partial charge in [0, 0.05) is 30.8 Å². The highest BCUT2D eigenvalue weighted by atomic mass is 16.5. The summed E-state index contributed by atoms with van der Waals surface area (Å²) in [6.07, 6.45) is 9.33. The van der Waals surface area contributed by atoms with Crippen molar-refractivity contribution < 1.29 is 4.74 Å². The third-order valence-electron chi connectivity index (χ3n) is 5.49. The minimum Gasteiger partial charge on any atom is -0.381 e. The number of nitrogens with zero attached hydrogens (tertiary/aromatic N) is 1. The second-order valence-electron chi connectivity index (χ2n) is 6.80. The predicted octanol–water partition coefficient (Wildman–Crippen LogP) is 2.16. The molecule has 1 spiro atoms. The summed E-state index contributed by atoms with van der Waals surface area (Å²) in [6, 6.07) is 0. The van der Waals surface area contributed by atoms with E-state index in [0.717, 1.165) is 13.2 Å². The fraction of sp³-hybridized carbons (Fsp3) is 1.00. The monoisotopic (exact) mass is 252 g/mol. The average molecular weight is 252 g/mol. The highest BCUT2D eigenvalue weighted by Gasteiger charge is 2.42. The van der Waals surface area contributed by atoms with Gasteiger partial charge in [-0.25, -0.2) is 0 Å². The first-order chi connectivity index (χ1) is 8.73. The third-order valence-corrected chi connectivity index (χ3v) is 5.49. The Bertz CT molecular complexity index is 280. The van der Waals surface area contributed by atoms with E-state index in [2.05, 4.69) is 17.1 Å². The van der Waals surface area contributed by atoms with Gasteiger partial charge in [0.2, 0.25) is 0 Å². The molecule has 1 saturated carbocycles. The van der Waals surface area contributed by atoms with E-state index in [1.807, 2.05) is 0 Å². The number of rotatable bonds is 1. The second-order valence-corrected chi connectivity index (χ2v) is 6.80. The Balaban J connectivity index is 1.73. The van der Waals surface area contributed by atoms with Crippen molar-refractivity contribution in [2.75, 3.05) is 32.8 Å². The Morgan fingerprint density at radius 1 is 1.00 bits per heavy atom. The Kier molecular flexibility index (Phi) is 3.65. The van der Waals surface area contributed by atoms with Gasteiger partial charge in [0.1, 0.15) is 0 Å². The molecule has 3 rings (SSSR count). The van der Waals surface area contributed by atoms with Crippen LogP contribution < -0.4 is 5.32 Å². The summed E-state index contributed by atoms with van der Waals surface area (Å²) in [6.45, 7) is 8.11. The molecule has 2 heterocycles. The molecule has 2 saturated heterocycles. The van der Waals surface area contributed by atoms with E-state index in [-0.39, 0.29) is 0 Å². The molecule has 1 aliphatic carbocycles. The molecule has 0 aromatic rings. The molecule has 3 heteroatoms. The third kappa shape index (κ3) is 2.45. The SMILES string of the molecule is CC1(N2CCCNC3(CCCC3)C2)CCOCC1. The summed E-state index contributed by atoms with van der Waals surface area (Å²) in [5.74, 6) is 0. The molecule has 0 amide bonds. The van der Waals surface area contributed by atoms with E-state index in [0.29, 0.717) is 11.1 Å². The van der Waals surface area contributed by atoms with Crippen LogP contribution in [0.15, 0.2) is 0 Å². The lowest BCUT2D eigenvalue weighted by atomic mass is 9.87. The van der Waals surface area contributed by atoms with Crippen molar-refractivity contribution in [3.8, 4) is 0 Å². The molecule has 3 nitrogen and oxygen atoms in total. The van der Waals surface area contributed by atoms with Crippen molar-refractivity contribution in [3.05, 3.63) is 0 Å². The molecule has 18 heavy (non-hydrogen) atoms. The van der Waals surface area contributed by atoms with Crippen LogP contribution >= 0.6 is 0 Å². The lowest BCUT2D eigenvalue weighted by molar-refractivity contribution is -0.0254. The number of ether oxygens (including phenoxy) is 1. The molecule has 0 atom stereocenters. The lowest BCUT2D eigenvalue weighted by Gasteiger charge is -2.46. The van der Waals surface area contributed by atoms with Crippen molar-refractivity contribution >= 4 is 0 Å². The van der Waals surface area contributed by atoms with Gasteiger partial charge in [0.25, 0.3) is 0 Å². The Hall–Kier alpha value is -0.120. The quantitative estimate of drug-likeness (QED) is 0.774. The average Bonchev–Trinajstić information content (AvgIpc) is 2.71. The summed E-state index contributed by atoms with van der Waals surface area (Å²) in [5.41, 5.74) is 0.831. The summed E-state index contributed by atoms with van der Waals surface area (Å²) >= 11 is 0. The van der Waals surface area contributed by atoms with Gasteiger partial charge in [-0.1, -0.05) is 12.8 Å². The standard InChI is InChI=1S/C15H28N2O/c1-14(7-11-18-12-8-14)17-10-4-9-16-15(13-17)5-2-3-6-15/h16H,2-13H2,1H3. The zero-order valence-corrected chi connectivity index (χ0v) is 11.8. The fourth-order valence-electron chi connectivity index (χ4n) is 4.10. The minimum atomic E-state index is 0.389. The summed E-state index contributed by atoms with van der Waals surface area (Å²) in [5, 5.41) is 3.87. The molecule has 0 aromatic heterocycles. The van der Waals surface area contributed by atoms with Crippen LogP contribution in [0.3, 0.4) is 0 Å². The normalized spacial score (nSPS) is 32.5. The molecule has 1 N–H and O–H groups in total. The van der Waals surface area contributed by atoms with Gasteiger partial charge in [0.15, 0.2) is 0 Å². The Morgan fingerprint density at radius 2 is 1.72 bits per heavy atom. The van der Waals surface area contributed by atoms with E-state index < -0.39 is 0 Å². The van der Waals surface area contributed by atoms with Crippen LogP contribution in [0.5, 0.6) is 0 Å². The molecule has 2 aliphatic heterocycles. The maximum atomic E-state index is 5.56. The maximum Gasteiger partial charge on any atom is 0.0483 e. The van der Waals surface area contributed by atoms with Crippen molar-refractivity contribution in [1.82, 2.24) is 10.2 Å².